The van der Waals surface area contributed by atoms with Gasteiger partial charge in [0.2, 0.25) is 0 Å². The van der Waals surface area contributed by atoms with Gasteiger partial charge in [0, 0.05) is 10.4 Å². The molecular formula is C14H10BrClN2O4S. The number of ether oxygens (including phenoxy) is 2. The quantitative estimate of drug-likeness (QED) is 0.627. The molecule has 0 N–H and O–H groups in total. The van der Waals surface area contributed by atoms with Crippen molar-refractivity contribution in [1.82, 2.24) is 9.78 Å². The van der Waals surface area contributed by atoms with Gasteiger partial charge in [-0.3, -0.25) is 0 Å². The van der Waals surface area contributed by atoms with E-state index < -0.39 is 5.76 Å². The van der Waals surface area contributed by atoms with Crippen LogP contribution < -0.4 is 15.2 Å². The third kappa shape index (κ3) is 3.44. The summed E-state index contributed by atoms with van der Waals surface area (Å²) < 4.78 is 17.8. The molecule has 0 spiro atoms. The molecule has 0 amide bonds. The van der Waals surface area contributed by atoms with Crippen LogP contribution in [0.4, 0.5) is 0 Å². The summed E-state index contributed by atoms with van der Waals surface area (Å²) >= 11 is 10.5. The van der Waals surface area contributed by atoms with Crippen molar-refractivity contribution in [3.63, 3.8) is 0 Å². The highest BCUT2D eigenvalue weighted by molar-refractivity contribution is 9.10. The van der Waals surface area contributed by atoms with Crippen molar-refractivity contribution in [2.45, 2.75) is 6.73 Å². The molecule has 3 aromatic rings. The summed E-state index contributed by atoms with van der Waals surface area (Å²) in [7, 11) is 1.54. The van der Waals surface area contributed by atoms with Crippen LogP contribution in [0.25, 0.3) is 10.8 Å². The molecule has 23 heavy (non-hydrogen) atoms. The maximum absolute atomic E-state index is 11.9. The van der Waals surface area contributed by atoms with Crippen LogP contribution in [-0.4, -0.2) is 16.9 Å². The van der Waals surface area contributed by atoms with E-state index in [0.29, 0.717) is 21.4 Å². The summed E-state index contributed by atoms with van der Waals surface area (Å²) in [6, 6.07) is 6.80. The maximum atomic E-state index is 11.9. The number of aromatic nitrogens is 2. The molecule has 0 aliphatic heterocycles. The number of hydrogen-bond acceptors (Lipinski definition) is 6. The number of thiophene rings is 1. The molecular weight excluding hydrogens is 408 g/mol. The monoisotopic (exact) mass is 416 g/mol. The average Bonchev–Trinajstić information content (AvgIpc) is 3.09. The summed E-state index contributed by atoms with van der Waals surface area (Å²) in [5, 5.41) is 6.57. The summed E-state index contributed by atoms with van der Waals surface area (Å²) in [5.74, 6) is 0.715. The third-order valence-corrected chi connectivity index (χ3v) is 4.97. The van der Waals surface area contributed by atoms with Crippen LogP contribution in [-0.2, 0) is 6.73 Å². The lowest BCUT2D eigenvalue weighted by atomic mass is 10.3. The Bertz CT molecular complexity index is 872. The molecule has 120 valence electrons. The van der Waals surface area contributed by atoms with Crippen molar-refractivity contribution in [2.24, 2.45) is 0 Å². The lowest BCUT2D eigenvalue weighted by Gasteiger charge is -2.04. The van der Waals surface area contributed by atoms with Crippen molar-refractivity contribution < 1.29 is 13.9 Å². The molecule has 2 aromatic heterocycles. The Morgan fingerprint density at radius 1 is 1.39 bits per heavy atom. The Kier molecular flexibility index (Phi) is 4.74. The van der Waals surface area contributed by atoms with Crippen molar-refractivity contribution in [2.75, 3.05) is 7.11 Å². The van der Waals surface area contributed by atoms with Crippen LogP contribution in [0.5, 0.6) is 11.5 Å². The van der Waals surface area contributed by atoms with Gasteiger partial charge < -0.3 is 13.9 Å². The first-order valence-electron chi connectivity index (χ1n) is 6.36. The SMILES string of the molecule is COc1c(Br)csc1-c1nn(COc2ccc(Cl)cc2)c(=O)o1. The van der Waals surface area contributed by atoms with E-state index in [0.717, 1.165) is 9.15 Å². The lowest BCUT2D eigenvalue weighted by molar-refractivity contribution is 0.211. The van der Waals surface area contributed by atoms with E-state index in [1.54, 1.807) is 24.3 Å². The molecule has 0 saturated carbocycles. The minimum atomic E-state index is -0.611. The largest absolute Gasteiger partial charge is 0.494 e. The molecule has 2 heterocycles. The molecule has 0 aliphatic carbocycles. The Hall–Kier alpha value is -1.77. The number of benzene rings is 1. The van der Waals surface area contributed by atoms with Gasteiger partial charge >= 0.3 is 5.76 Å². The highest BCUT2D eigenvalue weighted by Gasteiger charge is 2.19. The zero-order valence-corrected chi connectivity index (χ0v) is 14.9. The van der Waals surface area contributed by atoms with Gasteiger partial charge in [0.1, 0.15) is 10.6 Å². The molecule has 0 radical (unpaired) electrons. The number of hydrogen-bond donors (Lipinski definition) is 0. The van der Waals surface area contributed by atoms with Gasteiger partial charge in [0.25, 0.3) is 5.89 Å². The second-order valence-corrected chi connectivity index (χ2v) is 6.52. The molecule has 9 heteroatoms. The normalized spacial score (nSPS) is 10.7. The molecule has 0 atom stereocenters. The number of nitrogens with zero attached hydrogens (tertiary/aromatic N) is 2. The van der Waals surface area contributed by atoms with Gasteiger partial charge in [-0.2, -0.15) is 4.68 Å². The van der Waals surface area contributed by atoms with Crippen molar-refractivity contribution in [3.8, 4) is 22.3 Å². The Morgan fingerprint density at radius 2 is 2.13 bits per heavy atom. The standard InChI is InChI=1S/C14H10BrClN2O4S/c1-20-11-10(15)6-23-12(11)13-17-18(14(19)22-13)7-21-9-4-2-8(16)3-5-9/h2-6H,7H2,1H3. The minimum Gasteiger partial charge on any atom is -0.494 e. The van der Waals surface area contributed by atoms with Crippen LogP contribution in [0.15, 0.2) is 43.3 Å². The molecule has 0 bridgehead atoms. The molecule has 3 rings (SSSR count). The molecule has 0 fully saturated rings. The smallest absolute Gasteiger partial charge is 0.440 e. The van der Waals surface area contributed by atoms with Gasteiger partial charge in [-0.25, -0.2) is 4.79 Å². The van der Waals surface area contributed by atoms with Crippen molar-refractivity contribution in [3.05, 3.63) is 49.7 Å². The van der Waals surface area contributed by atoms with Crippen molar-refractivity contribution >= 4 is 38.9 Å². The zero-order chi connectivity index (χ0) is 16.4. The Morgan fingerprint density at radius 3 is 2.83 bits per heavy atom. The first-order chi connectivity index (χ1) is 11.1. The van der Waals surface area contributed by atoms with E-state index in [4.69, 9.17) is 25.5 Å². The van der Waals surface area contributed by atoms with Gasteiger partial charge in [0.05, 0.1) is 11.6 Å². The first kappa shape index (κ1) is 16.1. The Balaban J connectivity index is 1.81. The molecule has 6 nitrogen and oxygen atoms in total. The van der Waals surface area contributed by atoms with E-state index in [9.17, 15) is 4.79 Å². The van der Waals surface area contributed by atoms with Gasteiger partial charge in [-0.05, 0) is 40.2 Å². The molecule has 0 saturated heterocycles. The molecule has 1 aromatic carbocycles. The van der Waals surface area contributed by atoms with E-state index in [-0.39, 0.29) is 12.6 Å². The van der Waals surface area contributed by atoms with Crippen LogP contribution in [0.3, 0.4) is 0 Å². The maximum Gasteiger partial charge on any atom is 0.440 e. The predicted molar refractivity (Wildman–Crippen MR) is 90.4 cm³/mol. The zero-order valence-electron chi connectivity index (χ0n) is 11.8. The van der Waals surface area contributed by atoms with Gasteiger partial charge in [-0.1, -0.05) is 11.6 Å². The summed E-state index contributed by atoms with van der Waals surface area (Å²) in [6.07, 6.45) is 0. The van der Waals surface area contributed by atoms with Crippen LogP contribution in [0, 0.1) is 0 Å². The minimum absolute atomic E-state index is 0.0706. The highest BCUT2D eigenvalue weighted by Crippen LogP contribution is 2.40. The third-order valence-electron chi connectivity index (χ3n) is 2.88. The van der Waals surface area contributed by atoms with E-state index in [2.05, 4.69) is 21.0 Å². The fourth-order valence-electron chi connectivity index (χ4n) is 1.81. The summed E-state index contributed by atoms with van der Waals surface area (Å²) in [4.78, 5) is 12.5. The van der Waals surface area contributed by atoms with Crippen LogP contribution >= 0.6 is 38.9 Å². The average molecular weight is 418 g/mol. The number of rotatable bonds is 5. The topological polar surface area (TPSA) is 66.5 Å². The number of halogens is 2. The second-order valence-electron chi connectivity index (χ2n) is 4.35. The fourth-order valence-corrected chi connectivity index (χ4v) is 3.52. The summed E-state index contributed by atoms with van der Waals surface area (Å²) in [5.41, 5.74) is 0. The molecule has 0 aliphatic rings. The van der Waals surface area contributed by atoms with Gasteiger partial charge in [0.15, 0.2) is 12.5 Å². The fraction of sp³-hybridized carbons (Fsp3) is 0.143. The summed E-state index contributed by atoms with van der Waals surface area (Å²) in [6.45, 7) is -0.0706. The van der Waals surface area contributed by atoms with Gasteiger partial charge in [-0.15, -0.1) is 16.4 Å². The lowest BCUT2D eigenvalue weighted by Crippen LogP contribution is -2.19. The molecule has 0 unspecified atom stereocenters. The number of methoxy groups -OCH3 is 1. The Labute approximate surface area is 148 Å². The van der Waals surface area contributed by atoms with E-state index in [1.165, 1.54) is 18.4 Å². The highest BCUT2D eigenvalue weighted by atomic mass is 79.9. The predicted octanol–water partition coefficient (Wildman–Crippen LogP) is 4.03. The van der Waals surface area contributed by atoms with E-state index >= 15 is 0 Å². The second kappa shape index (κ2) is 6.77. The van der Waals surface area contributed by atoms with Crippen LogP contribution in [0.2, 0.25) is 5.02 Å². The van der Waals surface area contributed by atoms with Crippen LogP contribution in [0.1, 0.15) is 0 Å². The van der Waals surface area contributed by atoms with E-state index in [1.807, 2.05) is 5.38 Å². The first-order valence-corrected chi connectivity index (χ1v) is 8.41. The van der Waals surface area contributed by atoms with Crippen molar-refractivity contribution in [1.29, 1.82) is 0 Å².